The van der Waals surface area contributed by atoms with Crippen LogP contribution in [0.3, 0.4) is 0 Å². The van der Waals surface area contributed by atoms with E-state index in [1.165, 1.54) is 11.1 Å². The van der Waals surface area contributed by atoms with Crippen LogP contribution in [0.2, 0.25) is 0 Å². The maximum Gasteiger partial charge on any atom is 0.355 e. The number of carbonyl (C=O) groups is 1. The van der Waals surface area contributed by atoms with Crippen LogP contribution in [0.4, 0.5) is 0 Å². The Balaban J connectivity index is 2.07. The van der Waals surface area contributed by atoms with Gasteiger partial charge in [-0.3, -0.25) is 0 Å². The van der Waals surface area contributed by atoms with Crippen molar-refractivity contribution in [2.75, 3.05) is 0 Å². The van der Waals surface area contributed by atoms with Crippen molar-refractivity contribution in [3.8, 4) is 0 Å². The highest BCUT2D eigenvalue weighted by Gasteiger charge is 2.16. The lowest BCUT2D eigenvalue weighted by atomic mass is 10.1. The number of hydrogen-bond donors (Lipinski definition) is 1. The van der Waals surface area contributed by atoms with Crippen molar-refractivity contribution in [3.63, 3.8) is 0 Å². The Bertz CT molecular complexity index is 587. The van der Waals surface area contributed by atoms with Gasteiger partial charge in [-0.2, -0.15) is 0 Å². The van der Waals surface area contributed by atoms with Gasteiger partial charge in [0.1, 0.15) is 0 Å². The molecule has 0 fully saturated rings. The molecule has 0 saturated heterocycles. The quantitative estimate of drug-likeness (QED) is 0.877. The fourth-order valence-electron chi connectivity index (χ4n) is 2.08. The summed E-state index contributed by atoms with van der Waals surface area (Å²) in [7, 11) is 0. The molecule has 2 aromatic rings. The number of nitrogens with zero attached hydrogens (tertiary/aromatic N) is 1. The summed E-state index contributed by atoms with van der Waals surface area (Å²) in [4.78, 5) is 16.3. The minimum atomic E-state index is -0.911. The molecule has 0 saturated carbocycles. The van der Waals surface area contributed by atoms with Crippen molar-refractivity contribution >= 4 is 17.3 Å². The topological polar surface area (TPSA) is 50.2 Å². The summed E-state index contributed by atoms with van der Waals surface area (Å²) in [5, 5.41) is 10.1. The molecule has 4 heteroatoms. The summed E-state index contributed by atoms with van der Waals surface area (Å²) in [6, 6.07) is 8.44. The van der Waals surface area contributed by atoms with E-state index in [1.54, 1.807) is 11.3 Å². The van der Waals surface area contributed by atoms with Crippen LogP contribution in [0.15, 0.2) is 24.3 Å². The van der Waals surface area contributed by atoms with Gasteiger partial charge in [-0.25, -0.2) is 9.78 Å². The second-order valence-corrected chi connectivity index (χ2v) is 6.09. The van der Waals surface area contributed by atoms with Gasteiger partial charge in [0.15, 0.2) is 5.69 Å². The third-order valence-electron chi connectivity index (χ3n) is 3.17. The Morgan fingerprint density at radius 3 is 2.50 bits per heavy atom. The normalized spacial score (nSPS) is 10.7. The van der Waals surface area contributed by atoms with E-state index in [9.17, 15) is 4.79 Å². The zero-order chi connectivity index (χ0) is 14.5. The molecule has 0 bridgehead atoms. The molecular formula is C16H19NO2S. The fourth-order valence-corrected chi connectivity index (χ4v) is 3.24. The molecule has 3 nitrogen and oxygen atoms in total. The van der Waals surface area contributed by atoms with E-state index in [1.807, 2.05) is 0 Å². The molecule has 1 heterocycles. The number of rotatable bonds is 6. The monoisotopic (exact) mass is 289 g/mol. The SMILES string of the molecule is CCCc1sc(CCc2ccc(C)cc2)nc1C(=O)O. The van der Waals surface area contributed by atoms with E-state index in [2.05, 4.69) is 43.1 Å². The minimum Gasteiger partial charge on any atom is -0.476 e. The Hall–Kier alpha value is -1.68. The van der Waals surface area contributed by atoms with Crippen molar-refractivity contribution in [2.24, 2.45) is 0 Å². The smallest absolute Gasteiger partial charge is 0.355 e. The van der Waals surface area contributed by atoms with Gasteiger partial charge in [-0.05, 0) is 25.3 Å². The van der Waals surface area contributed by atoms with E-state index in [0.717, 1.165) is 35.6 Å². The largest absolute Gasteiger partial charge is 0.476 e. The van der Waals surface area contributed by atoms with Crippen LogP contribution in [0.5, 0.6) is 0 Å². The summed E-state index contributed by atoms with van der Waals surface area (Å²) in [6.07, 6.45) is 3.44. The van der Waals surface area contributed by atoms with Crippen molar-refractivity contribution in [1.29, 1.82) is 0 Å². The second kappa shape index (κ2) is 6.66. The summed E-state index contributed by atoms with van der Waals surface area (Å²) in [5.74, 6) is -0.911. The molecule has 20 heavy (non-hydrogen) atoms. The minimum absolute atomic E-state index is 0.246. The number of carboxylic acid groups (broad SMARTS) is 1. The predicted octanol–water partition coefficient (Wildman–Crippen LogP) is 3.89. The molecule has 1 aromatic carbocycles. The first-order valence-electron chi connectivity index (χ1n) is 6.87. The number of hydrogen-bond acceptors (Lipinski definition) is 3. The lowest BCUT2D eigenvalue weighted by Crippen LogP contribution is -2.01. The van der Waals surface area contributed by atoms with Crippen LogP contribution in [0.25, 0.3) is 0 Å². The van der Waals surface area contributed by atoms with E-state index >= 15 is 0 Å². The van der Waals surface area contributed by atoms with Gasteiger partial charge in [-0.15, -0.1) is 11.3 Å². The second-order valence-electron chi connectivity index (χ2n) is 4.92. The maximum atomic E-state index is 11.2. The molecule has 0 aliphatic rings. The van der Waals surface area contributed by atoms with E-state index in [0.29, 0.717) is 0 Å². The van der Waals surface area contributed by atoms with Crippen LogP contribution in [-0.4, -0.2) is 16.1 Å². The standard InChI is InChI=1S/C16H19NO2S/c1-3-4-13-15(16(18)19)17-14(20-13)10-9-12-7-5-11(2)6-8-12/h5-8H,3-4,9-10H2,1-2H3,(H,18,19). The van der Waals surface area contributed by atoms with E-state index in [-0.39, 0.29) is 5.69 Å². The van der Waals surface area contributed by atoms with Crippen molar-refractivity contribution < 1.29 is 9.90 Å². The highest BCUT2D eigenvalue weighted by molar-refractivity contribution is 7.11. The Morgan fingerprint density at radius 1 is 1.20 bits per heavy atom. The predicted molar refractivity (Wildman–Crippen MR) is 81.7 cm³/mol. The molecule has 0 radical (unpaired) electrons. The Labute approximate surface area is 123 Å². The molecule has 106 valence electrons. The van der Waals surface area contributed by atoms with Crippen LogP contribution in [-0.2, 0) is 19.3 Å². The molecule has 1 N–H and O–H groups in total. The molecule has 0 unspecified atom stereocenters. The van der Waals surface area contributed by atoms with Gasteiger partial charge in [0.2, 0.25) is 0 Å². The molecule has 2 rings (SSSR count). The number of aromatic carboxylic acids is 1. The first-order chi connectivity index (χ1) is 9.60. The first kappa shape index (κ1) is 14.7. The average molecular weight is 289 g/mol. The third-order valence-corrected chi connectivity index (χ3v) is 4.34. The molecule has 0 aliphatic carbocycles. The Kier molecular flexibility index (Phi) is 4.90. The van der Waals surface area contributed by atoms with Gasteiger partial charge in [0, 0.05) is 11.3 Å². The zero-order valence-corrected chi connectivity index (χ0v) is 12.7. The van der Waals surface area contributed by atoms with Gasteiger partial charge in [0.25, 0.3) is 0 Å². The Morgan fingerprint density at radius 2 is 1.90 bits per heavy atom. The van der Waals surface area contributed by atoms with Crippen LogP contribution >= 0.6 is 11.3 Å². The van der Waals surface area contributed by atoms with Gasteiger partial charge >= 0.3 is 5.97 Å². The van der Waals surface area contributed by atoms with Crippen LogP contribution in [0, 0.1) is 6.92 Å². The number of aromatic nitrogens is 1. The molecule has 0 amide bonds. The van der Waals surface area contributed by atoms with Crippen molar-refractivity contribution in [1.82, 2.24) is 4.98 Å². The molecule has 0 atom stereocenters. The number of carboxylic acids is 1. The summed E-state index contributed by atoms with van der Waals surface area (Å²) in [6.45, 7) is 4.12. The van der Waals surface area contributed by atoms with E-state index in [4.69, 9.17) is 5.11 Å². The van der Waals surface area contributed by atoms with Crippen LogP contribution < -0.4 is 0 Å². The summed E-state index contributed by atoms with van der Waals surface area (Å²) < 4.78 is 0. The highest BCUT2D eigenvalue weighted by Crippen LogP contribution is 2.22. The lowest BCUT2D eigenvalue weighted by molar-refractivity contribution is 0.0690. The molecule has 1 aromatic heterocycles. The average Bonchev–Trinajstić information content (AvgIpc) is 2.82. The maximum absolute atomic E-state index is 11.2. The van der Waals surface area contributed by atoms with Crippen molar-refractivity contribution in [2.45, 2.75) is 39.5 Å². The first-order valence-corrected chi connectivity index (χ1v) is 7.69. The third kappa shape index (κ3) is 3.67. The summed E-state index contributed by atoms with van der Waals surface area (Å²) >= 11 is 1.54. The fraction of sp³-hybridized carbons (Fsp3) is 0.375. The number of thiazole rings is 1. The van der Waals surface area contributed by atoms with Gasteiger partial charge in [-0.1, -0.05) is 43.2 Å². The van der Waals surface area contributed by atoms with Gasteiger partial charge in [0.05, 0.1) is 5.01 Å². The highest BCUT2D eigenvalue weighted by atomic mass is 32.1. The van der Waals surface area contributed by atoms with Crippen molar-refractivity contribution in [3.05, 3.63) is 51.0 Å². The number of aryl methyl sites for hydroxylation is 4. The van der Waals surface area contributed by atoms with Gasteiger partial charge < -0.3 is 5.11 Å². The number of benzene rings is 1. The summed E-state index contributed by atoms with van der Waals surface area (Å²) in [5.41, 5.74) is 2.76. The molecular weight excluding hydrogens is 270 g/mol. The van der Waals surface area contributed by atoms with Crippen LogP contribution in [0.1, 0.15) is 44.8 Å². The zero-order valence-electron chi connectivity index (χ0n) is 11.8. The lowest BCUT2D eigenvalue weighted by Gasteiger charge is -1.99. The van der Waals surface area contributed by atoms with E-state index < -0.39 is 5.97 Å². The molecule has 0 spiro atoms. The molecule has 0 aliphatic heterocycles.